The number of benzene rings is 3. The second kappa shape index (κ2) is 11.5. The first-order chi connectivity index (χ1) is 18.9. The SMILES string of the molecule is CN(c1cc(F)c(-c2ccc(OCc3ccccc3)nc2OCc2ccccc2)c(F)c1)C1CC(C(=O)O)C1. The van der Waals surface area contributed by atoms with Crippen molar-refractivity contribution in [2.75, 3.05) is 11.9 Å². The summed E-state index contributed by atoms with van der Waals surface area (Å²) < 4.78 is 42.8. The van der Waals surface area contributed by atoms with E-state index in [4.69, 9.17) is 14.6 Å². The molecular weight excluding hydrogens is 502 g/mol. The van der Waals surface area contributed by atoms with Gasteiger partial charge in [0.25, 0.3) is 0 Å². The fourth-order valence-corrected chi connectivity index (χ4v) is 4.60. The van der Waals surface area contributed by atoms with Crippen LogP contribution in [0, 0.1) is 17.6 Å². The highest BCUT2D eigenvalue weighted by Crippen LogP contribution is 2.39. The zero-order valence-electron chi connectivity index (χ0n) is 21.4. The molecule has 200 valence electrons. The van der Waals surface area contributed by atoms with Crippen molar-refractivity contribution >= 4 is 11.7 Å². The van der Waals surface area contributed by atoms with Gasteiger partial charge in [0.2, 0.25) is 11.8 Å². The molecule has 5 rings (SSSR count). The Labute approximate surface area is 225 Å². The van der Waals surface area contributed by atoms with Gasteiger partial charge in [-0.1, -0.05) is 60.7 Å². The van der Waals surface area contributed by atoms with Crippen LogP contribution in [0.25, 0.3) is 11.1 Å². The Morgan fingerprint density at radius 3 is 2.03 bits per heavy atom. The summed E-state index contributed by atoms with van der Waals surface area (Å²) in [6.07, 6.45) is 0.866. The van der Waals surface area contributed by atoms with Crippen molar-refractivity contribution in [1.29, 1.82) is 0 Å². The average molecular weight is 531 g/mol. The van der Waals surface area contributed by atoms with Crippen LogP contribution in [0.5, 0.6) is 11.8 Å². The van der Waals surface area contributed by atoms with Gasteiger partial charge in [-0.05, 0) is 42.2 Å². The summed E-state index contributed by atoms with van der Waals surface area (Å²) in [5.41, 5.74) is 2.07. The number of carbonyl (C=O) groups is 1. The lowest BCUT2D eigenvalue weighted by atomic mass is 9.79. The maximum atomic E-state index is 15.5. The number of carboxylic acids is 1. The largest absolute Gasteiger partial charge is 0.481 e. The maximum Gasteiger partial charge on any atom is 0.306 e. The third-order valence-corrected chi connectivity index (χ3v) is 7.00. The number of hydrogen-bond donors (Lipinski definition) is 1. The van der Waals surface area contributed by atoms with Crippen molar-refractivity contribution in [3.8, 4) is 22.9 Å². The number of rotatable bonds is 10. The van der Waals surface area contributed by atoms with Crippen LogP contribution in [0.4, 0.5) is 14.5 Å². The molecule has 1 N–H and O–H groups in total. The van der Waals surface area contributed by atoms with E-state index in [2.05, 4.69) is 4.98 Å². The predicted octanol–water partition coefficient (Wildman–Crippen LogP) is 6.48. The molecule has 0 saturated heterocycles. The number of halogens is 2. The van der Waals surface area contributed by atoms with Crippen LogP contribution in [0.2, 0.25) is 0 Å². The Hall–Kier alpha value is -4.46. The first-order valence-corrected chi connectivity index (χ1v) is 12.7. The smallest absolute Gasteiger partial charge is 0.306 e. The Kier molecular flexibility index (Phi) is 7.72. The molecule has 0 amide bonds. The van der Waals surface area contributed by atoms with Crippen molar-refractivity contribution in [2.24, 2.45) is 5.92 Å². The second-order valence-electron chi connectivity index (χ2n) is 9.61. The summed E-state index contributed by atoms with van der Waals surface area (Å²) in [5, 5.41) is 9.14. The van der Waals surface area contributed by atoms with Crippen LogP contribution < -0.4 is 14.4 Å². The van der Waals surface area contributed by atoms with Crippen molar-refractivity contribution in [2.45, 2.75) is 32.1 Å². The van der Waals surface area contributed by atoms with Gasteiger partial charge >= 0.3 is 5.97 Å². The van der Waals surface area contributed by atoms with E-state index in [1.165, 1.54) is 12.1 Å². The molecule has 1 aliphatic rings. The van der Waals surface area contributed by atoms with Gasteiger partial charge in [-0.3, -0.25) is 4.79 Å². The highest BCUT2D eigenvalue weighted by molar-refractivity contribution is 5.74. The van der Waals surface area contributed by atoms with Crippen LogP contribution in [-0.4, -0.2) is 29.1 Å². The van der Waals surface area contributed by atoms with Gasteiger partial charge in [0.05, 0.1) is 17.0 Å². The minimum Gasteiger partial charge on any atom is -0.481 e. The number of aliphatic carboxylic acids is 1. The number of hydrogen-bond acceptors (Lipinski definition) is 5. The fourth-order valence-electron chi connectivity index (χ4n) is 4.60. The van der Waals surface area contributed by atoms with Crippen molar-refractivity contribution in [3.05, 3.63) is 108 Å². The highest BCUT2D eigenvalue weighted by atomic mass is 19.1. The summed E-state index contributed by atoms with van der Waals surface area (Å²) in [7, 11) is 1.71. The average Bonchev–Trinajstić information content (AvgIpc) is 2.91. The van der Waals surface area contributed by atoms with E-state index >= 15 is 8.78 Å². The molecule has 1 aliphatic carbocycles. The zero-order chi connectivity index (χ0) is 27.4. The van der Waals surface area contributed by atoms with Gasteiger partial charge in [0.15, 0.2) is 0 Å². The molecule has 4 aromatic rings. The predicted molar refractivity (Wildman–Crippen MR) is 144 cm³/mol. The molecule has 0 atom stereocenters. The summed E-state index contributed by atoms with van der Waals surface area (Å²) in [5.74, 6) is -2.50. The Morgan fingerprint density at radius 2 is 1.46 bits per heavy atom. The maximum absolute atomic E-state index is 15.5. The number of ether oxygens (including phenoxy) is 2. The summed E-state index contributed by atoms with van der Waals surface area (Å²) in [4.78, 5) is 17.3. The molecule has 0 radical (unpaired) electrons. The second-order valence-corrected chi connectivity index (χ2v) is 9.61. The van der Waals surface area contributed by atoms with E-state index in [-0.39, 0.29) is 42.1 Å². The molecule has 1 heterocycles. The lowest BCUT2D eigenvalue weighted by Gasteiger charge is -2.40. The number of nitrogens with zero attached hydrogens (tertiary/aromatic N) is 2. The molecule has 1 saturated carbocycles. The third-order valence-electron chi connectivity index (χ3n) is 7.00. The van der Waals surface area contributed by atoms with Crippen molar-refractivity contribution in [1.82, 2.24) is 4.98 Å². The molecule has 6 nitrogen and oxygen atoms in total. The lowest BCUT2D eigenvalue weighted by molar-refractivity contribution is -0.145. The van der Waals surface area contributed by atoms with Crippen LogP contribution in [-0.2, 0) is 18.0 Å². The monoisotopic (exact) mass is 530 g/mol. The van der Waals surface area contributed by atoms with Gasteiger partial charge in [-0.15, -0.1) is 0 Å². The minimum absolute atomic E-state index is 0.0478. The van der Waals surface area contributed by atoms with Gasteiger partial charge in [0, 0.05) is 24.8 Å². The summed E-state index contributed by atoms with van der Waals surface area (Å²) >= 11 is 0. The minimum atomic E-state index is -0.848. The standard InChI is InChI=1S/C31H28F2N2O4/c1-35(23-14-22(15-23)31(36)37)24-16-26(32)29(27(33)17-24)25-12-13-28(38-18-20-8-4-2-5-9-20)34-30(25)39-19-21-10-6-3-7-11-21/h2-13,16-17,22-23H,14-15,18-19H2,1H3,(H,36,37). The molecule has 8 heteroatoms. The van der Waals surface area contributed by atoms with Crippen LogP contribution in [0.15, 0.2) is 84.9 Å². The van der Waals surface area contributed by atoms with Crippen LogP contribution in [0.1, 0.15) is 24.0 Å². The molecular formula is C31H28F2N2O4. The quantitative estimate of drug-likeness (QED) is 0.253. The van der Waals surface area contributed by atoms with E-state index in [1.54, 1.807) is 24.1 Å². The van der Waals surface area contributed by atoms with Gasteiger partial charge < -0.3 is 19.5 Å². The first kappa shape index (κ1) is 26.2. The van der Waals surface area contributed by atoms with Gasteiger partial charge in [0.1, 0.15) is 24.8 Å². The molecule has 39 heavy (non-hydrogen) atoms. The van der Waals surface area contributed by atoms with Crippen LogP contribution >= 0.6 is 0 Å². The number of pyridine rings is 1. The van der Waals surface area contributed by atoms with Gasteiger partial charge in [-0.25, -0.2) is 8.78 Å². The zero-order valence-corrected chi connectivity index (χ0v) is 21.4. The van der Waals surface area contributed by atoms with Gasteiger partial charge in [-0.2, -0.15) is 4.98 Å². The molecule has 1 fully saturated rings. The van der Waals surface area contributed by atoms with E-state index in [9.17, 15) is 4.79 Å². The summed E-state index contributed by atoms with van der Waals surface area (Å²) in [6, 6.07) is 24.5. The Bertz CT molecular complexity index is 1420. The molecule has 0 spiro atoms. The molecule has 0 aliphatic heterocycles. The molecule has 0 bridgehead atoms. The Morgan fingerprint density at radius 1 is 0.897 bits per heavy atom. The number of carboxylic acid groups (broad SMARTS) is 1. The van der Waals surface area contributed by atoms with E-state index in [0.717, 1.165) is 11.1 Å². The lowest BCUT2D eigenvalue weighted by Crippen LogP contribution is -2.45. The first-order valence-electron chi connectivity index (χ1n) is 12.7. The van der Waals surface area contributed by atoms with E-state index < -0.39 is 23.5 Å². The fraction of sp³-hybridized carbons (Fsp3) is 0.226. The number of aromatic nitrogens is 1. The van der Waals surface area contributed by atoms with Crippen molar-refractivity contribution < 1.29 is 28.2 Å². The summed E-state index contributed by atoms with van der Waals surface area (Å²) in [6.45, 7) is 0.429. The molecule has 0 unspecified atom stereocenters. The molecule has 3 aromatic carbocycles. The Balaban J connectivity index is 1.42. The normalized spacial score (nSPS) is 16.3. The van der Waals surface area contributed by atoms with Crippen LogP contribution in [0.3, 0.4) is 0 Å². The highest BCUT2D eigenvalue weighted by Gasteiger charge is 2.37. The van der Waals surface area contributed by atoms with E-state index in [1.807, 2.05) is 60.7 Å². The topological polar surface area (TPSA) is 71.9 Å². The third kappa shape index (κ3) is 6.00. The van der Waals surface area contributed by atoms with E-state index in [0.29, 0.717) is 18.5 Å². The molecule has 1 aromatic heterocycles. The van der Waals surface area contributed by atoms with Crippen molar-refractivity contribution in [3.63, 3.8) is 0 Å². The number of anilines is 1.